The van der Waals surface area contributed by atoms with Gasteiger partial charge in [0.15, 0.2) is 6.30 Å². The monoisotopic (exact) mass is 179 g/mol. The lowest BCUT2D eigenvalue weighted by Crippen LogP contribution is -2.36. The van der Waals surface area contributed by atoms with Gasteiger partial charge in [0.25, 0.3) is 0 Å². The lowest BCUT2D eigenvalue weighted by atomic mass is 10.1. The molecule has 1 saturated heterocycles. The molecule has 70 valence electrons. The molecule has 2 heteroatoms. The number of hydrogen-bond acceptors (Lipinski definition) is 1. The zero-order valence-corrected chi connectivity index (χ0v) is 7.62. The van der Waals surface area contributed by atoms with E-state index in [9.17, 15) is 4.39 Å². The van der Waals surface area contributed by atoms with Gasteiger partial charge in [-0.25, -0.2) is 4.39 Å². The summed E-state index contributed by atoms with van der Waals surface area (Å²) in [7, 11) is 0. The summed E-state index contributed by atoms with van der Waals surface area (Å²) in [6.07, 6.45) is 2.02. The summed E-state index contributed by atoms with van der Waals surface area (Å²) in [4.78, 5) is 1.85. The Hall–Kier alpha value is -1.05. The quantitative estimate of drug-likeness (QED) is 0.599. The maximum atomic E-state index is 13.5. The fourth-order valence-electron chi connectivity index (χ4n) is 1.80. The fourth-order valence-corrected chi connectivity index (χ4v) is 1.80. The second kappa shape index (κ2) is 3.77. The van der Waals surface area contributed by atoms with Gasteiger partial charge < -0.3 is 4.90 Å². The Morgan fingerprint density at radius 3 is 2.62 bits per heavy atom. The molecular formula is C11H14FN. The molecule has 1 fully saturated rings. The molecule has 1 aromatic rings. The van der Waals surface area contributed by atoms with Gasteiger partial charge in [0.2, 0.25) is 0 Å². The Kier molecular flexibility index (Phi) is 2.48. The van der Waals surface area contributed by atoms with Crippen LogP contribution in [0.3, 0.4) is 0 Å². The van der Waals surface area contributed by atoms with E-state index in [1.807, 2.05) is 35.2 Å². The Bertz CT molecular complexity index is 260. The highest BCUT2D eigenvalue weighted by molar-refractivity contribution is 5.46. The third kappa shape index (κ3) is 1.82. The number of rotatable bonds is 1. The maximum absolute atomic E-state index is 13.5. The minimum atomic E-state index is -0.781. The summed E-state index contributed by atoms with van der Waals surface area (Å²) in [6, 6.07) is 9.81. The van der Waals surface area contributed by atoms with E-state index < -0.39 is 6.30 Å². The topological polar surface area (TPSA) is 3.24 Å². The largest absolute Gasteiger partial charge is 0.342 e. The summed E-state index contributed by atoms with van der Waals surface area (Å²) in [5.74, 6) is 0. The number of anilines is 1. The number of halogens is 1. The van der Waals surface area contributed by atoms with Crippen molar-refractivity contribution in [3.63, 3.8) is 0 Å². The molecule has 1 aromatic carbocycles. The minimum absolute atomic E-state index is 0.675. The van der Waals surface area contributed by atoms with Crippen molar-refractivity contribution in [3.8, 4) is 0 Å². The molecule has 2 rings (SSSR count). The van der Waals surface area contributed by atoms with E-state index >= 15 is 0 Å². The van der Waals surface area contributed by atoms with Gasteiger partial charge in [0, 0.05) is 12.2 Å². The molecule has 1 aliphatic heterocycles. The van der Waals surface area contributed by atoms with Gasteiger partial charge in [-0.2, -0.15) is 0 Å². The van der Waals surface area contributed by atoms with Crippen LogP contribution < -0.4 is 4.90 Å². The SMILES string of the molecule is F[C@@H]1CCCCN1c1ccccc1. The van der Waals surface area contributed by atoms with Crippen molar-refractivity contribution in [1.82, 2.24) is 0 Å². The molecule has 0 bridgehead atoms. The van der Waals surface area contributed by atoms with Crippen LogP contribution in [-0.2, 0) is 0 Å². The smallest absolute Gasteiger partial charge is 0.172 e. The first-order valence-electron chi connectivity index (χ1n) is 4.84. The number of para-hydroxylation sites is 1. The summed E-state index contributed by atoms with van der Waals surface area (Å²) in [5, 5.41) is 0. The molecular weight excluding hydrogens is 165 g/mol. The van der Waals surface area contributed by atoms with E-state index in [4.69, 9.17) is 0 Å². The van der Waals surface area contributed by atoms with Gasteiger partial charge in [-0.05, 0) is 31.4 Å². The van der Waals surface area contributed by atoms with Crippen LogP contribution in [0.5, 0.6) is 0 Å². The molecule has 0 N–H and O–H groups in total. The van der Waals surface area contributed by atoms with Gasteiger partial charge in [0.1, 0.15) is 0 Å². The molecule has 0 spiro atoms. The number of hydrogen-bond donors (Lipinski definition) is 0. The third-order valence-electron chi connectivity index (χ3n) is 2.52. The van der Waals surface area contributed by atoms with Gasteiger partial charge in [-0.1, -0.05) is 18.2 Å². The molecule has 0 aromatic heterocycles. The van der Waals surface area contributed by atoms with Crippen molar-refractivity contribution >= 4 is 5.69 Å². The van der Waals surface area contributed by atoms with Crippen molar-refractivity contribution < 1.29 is 4.39 Å². The maximum Gasteiger partial charge on any atom is 0.172 e. The normalized spacial score (nSPS) is 23.2. The van der Waals surface area contributed by atoms with Crippen molar-refractivity contribution in [1.29, 1.82) is 0 Å². The summed E-state index contributed by atoms with van der Waals surface area (Å²) < 4.78 is 13.5. The first-order valence-corrected chi connectivity index (χ1v) is 4.84. The lowest BCUT2D eigenvalue weighted by molar-refractivity contribution is 0.266. The average Bonchev–Trinajstić information content (AvgIpc) is 2.20. The second-order valence-corrected chi connectivity index (χ2v) is 3.46. The van der Waals surface area contributed by atoms with Crippen LogP contribution in [0.15, 0.2) is 30.3 Å². The average molecular weight is 179 g/mol. The van der Waals surface area contributed by atoms with Crippen molar-refractivity contribution in [3.05, 3.63) is 30.3 Å². The van der Waals surface area contributed by atoms with Crippen LogP contribution in [0.2, 0.25) is 0 Å². The summed E-state index contributed by atoms with van der Waals surface area (Å²) in [6.45, 7) is 0.852. The van der Waals surface area contributed by atoms with E-state index in [2.05, 4.69) is 0 Å². The van der Waals surface area contributed by atoms with Crippen LogP contribution in [0.4, 0.5) is 10.1 Å². The molecule has 0 unspecified atom stereocenters. The Morgan fingerprint density at radius 1 is 1.15 bits per heavy atom. The molecule has 0 radical (unpaired) electrons. The van der Waals surface area contributed by atoms with Gasteiger partial charge in [-0.15, -0.1) is 0 Å². The van der Waals surface area contributed by atoms with E-state index in [1.165, 1.54) is 0 Å². The predicted octanol–water partition coefficient (Wildman–Crippen LogP) is 2.97. The number of alkyl halides is 1. The highest BCUT2D eigenvalue weighted by Crippen LogP contribution is 2.24. The van der Waals surface area contributed by atoms with Gasteiger partial charge >= 0.3 is 0 Å². The highest BCUT2D eigenvalue weighted by Gasteiger charge is 2.21. The number of nitrogens with zero attached hydrogens (tertiary/aromatic N) is 1. The van der Waals surface area contributed by atoms with Gasteiger partial charge in [-0.3, -0.25) is 0 Å². The molecule has 0 aliphatic carbocycles. The Labute approximate surface area is 78.2 Å². The van der Waals surface area contributed by atoms with Gasteiger partial charge in [0.05, 0.1) is 0 Å². The molecule has 1 heterocycles. The molecule has 1 aliphatic rings. The third-order valence-corrected chi connectivity index (χ3v) is 2.52. The van der Waals surface area contributed by atoms with Crippen molar-refractivity contribution in [2.75, 3.05) is 11.4 Å². The molecule has 0 saturated carbocycles. The first kappa shape index (κ1) is 8.54. The Balaban J connectivity index is 2.15. The first-order chi connectivity index (χ1) is 6.38. The van der Waals surface area contributed by atoms with Crippen LogP contribution in [-0.4, -0.2) is 12.8 Å². The van der Waals surface area contributed by atoms with E-state index in [0.29, 0.717) is 6.42 Å². The molecule has 0 amide bonds. The standard InChI is InChI=1S/C11H14FN/c12-11-8-4-5-9-13(11)10-6-2-1-3-7-10/h1-3,6-7,11H,4-5,8-9H2/t11-/m0/s1. The van der Waals surface area contributed by atoms with Crippen LogP contribution in [0, 0.1) is 0 Å². The second-order valence-electron chi connectivity index (χ2n) is 3.46. The van der Waals surface area contributed by atoms with E-state index in [-0.39, 0.29) is 0 Å². The number of piperidine rings is 1. The van der Waals surface area contributed by atoms with E-state index in [1.54, 1.807) is 0 Å². The number of benzene rings is 1. The van der Waals surface area contributed by atoms with Crippen molar-refractivity contribution in [2.45, 2.75) is 25.6 Å². The summed E-state index contributed by atoms with van der Waals surface area (Å²) in [5.41, 5.74) is 1.01. The lowest BCUT2D eigenvalue weighted by Gasteiger charge is -2.32. The van der Waals surface area contributed by atoms with Crippen LogP contribution in [0.1, 0.15) is 19.3 Å². The molecule has 1 atom stereocenters. The summed E-state index contributed by atoms with van der Waals surface area (Å²) >= 11 is 0. The van der Waals surface area contributed by atoms with Crippen LogP contribution >= 0.6 is 0 Å². The highest BCUT2D eigenvalue weighted by atomic mass is 19.1. The van der Waals surface area contributed by atoms with E-state index in [0.717, 1.165) is 25.1 Å². The predicted molar refractivity (Wildman–Crippen MR) is 52.5 cm³/mol. The zero-order chi connectivity index (χ0) is 9.10. The van der Waals surface area contributed by atoms with Crippen LogP contribution in [0.25, 0.3) is 0 Å². The van der Waals surface area contributed by atoms with Crippen molar-refractivity contribution in [2.24, 2.45) is 0 Å². The minimum Gasteiger partial charge on any atom is -0.342 e. The zero-order valence-electron chi connectivity index (χ0n) is 7.62. The fraction of sp³-hybridized carbons (Fsp3) is 0.455. The molecule has 13 heavy (non-hydrogen) atoms. The molecule has 1 nitrogen and oxygen atoms in total. The Morgan fingerprint density at radius 2 is 1.92 bits per heavy atom.